The van der Waals surface area contributed by atoms with Crippen molar-refractivity contribution in [2.75, 3.05) is 11.1 Å². The van der Waals surface area contributed by atoms with Gasteiger partial charge in [0.1, 0.15) is 5.75 Å². The number of anilines is 1. The van der Waals surface area contributed by atoms with Crippen LogP contribution in [0.25, 0.3) is 0 Å². The molecule has 1 aromatic carbocycles. The number of aryl methyl sites for hydroxylation is 1. The summed E-state index contributed by atoms with van der Waals surface area (Å²) in [6.45, 7) is 3.23. The summed E-state index contributed by atoms with van der Waals surface area (Å²) in [6.07, 6.45) is -0.0741. The Morgan fingerprint density at radius 3 is 2.40 bits per heavy atom. The van der Waals surface area contributed by atoms with E-state index in [9.17, 15) is 18.0 Å². The van der Waals surface area contributed by atoms with Crippen molar-refractivity contribution in [1.82, 2.24) is 0 Å². The number of carbonyl (C=O) groups excluding carboxylic acids is 1. The molecule has 6 nitrogen and oxygen atoms in total. The van der Waals surface area contributed by atoms with Gasteiger partial charge in [0.05, 0.1) is 0 Å². The molecule has 0 aliphatic heterocycles. The molecule has 7 heteroatoms. The van der Waals surface area contributed by atoms with Crippen molar-refractivity contribution in [1.29, 1.82) is 0 Å². The highest BCUT2D eigenvalue weighted by atomic mass is 32.2. The number of hydrogen-bond donors (Lipinski definition) is 2. The molecule has 1 rings (SSSR count). The lowest BCUT2D eigenvalue weighted by Gasteiger charge is -2.12. The fourth-order valence-electron chi connectivity index (χ4n) is 1.76. The van der Waals surface area contributed by atoms with E-state index in [1.165, 1.54) is 6.92 Å². The zero-order chi connectivity index (χ0) is 15.3. The van der Waals surface area contributed by atoms with Crippen LogP contribution in [0.15, 0.2) is 24.3 Å². The van der Waals surface area contributed by atoms with Crippen LogP contribution in [0.5, 0.6) is 0 Å². The van der Waals surface area contributed by atoms with Crippen LogP contribution >= 0.6 is 0 Å². The first-order valence-electron chi connectivity index (χ1n) is 6.07. The molecule has 0 aliphatic carbocycles. The molecular weight excluding hydrogens is 282 g/mol. The number of amides is 1. The average Bonchev–Trinajstić information content (AvgIpc) is 2.31. The lowest BCUT2D eigenvalue weighted by molar-refractivity contribution is -0.136. The summed E-state index contributed by atoms with van der Waals surface area (Å²) >= 11 is 0. The van der Waals surface area contributed by atoms with E-state index in [2.05, 4.69) is 5.32 Å². The van der Waals surface area contributed by atoms with Crippen LogP contribution in [-0.4, -0.2) is 36.4 Å². The molecule has 0 saturated heterocycles. The molecule has 110 valence electrons. The number of rotatable bonds is 6. The highest BCUT2D eigenvalue weighted by Crippen LogP contribution is 2.14. The summed E-state index contributed by atoms with van der Waals surface area (Å²) in [7, 11) is -4.02. The van der Waals surface area contributed by atoms with Gasteiger partial charge in [-0.1, -0.05) is 25.1 Å². The molecule has 0 bridgehead atoms. The highest BCUT2D eigenvalue weighted by molar-refractivity contribution is 7.93. The van der Waals surface area contributed by atoms with Crippen molar-refractivity contribution in [2.45, 2.75) is 25.5 Å². The van der Waals surface area contributed by atoms with Crippen molar-refractivity contribution >= 4 is 27.4 Å². The molecule has 20 heavy (non-hydrogen) atoms. The second-order valence-corrected chi connectivity index (χ2v) is 6.59. The number of benzene rings is 1. The van der Waals surface area contributed by atoms with Crippen molar-refractivity contribution in [3.63, 3.8) is 0 Å². The van der Waals surface area contributed by atoms with Crippen LogP contribution < -0.4 is 5.32 Å². The van der Waals surface area contributed by atoms with Crippen molar-refractivity contribution in [3.8, 4) is 0 Å². The van der Waals surface area contributed by atoms with Crippen molar-refractivity contribution in [2.24, 2.45) is 0 Å². The number of hydrogen-bond acceptors (Lipinski definition) is 4. The van der Waals surface area contributed by atoms with Crippen LogP contribution in [-0.2, 0) is 19.4 Å². The fourth-order valence-corrected chi connectivity index (χ4v) is 3.22. The second-order valence-electron chi connectivity index (χ2n) is 4.41. The van der Waals surface area contributed by atoms with Crippen LogP contribution in [0.4, 0.5) is 5.69 Å². The molecule has 0 saturated carbocycles. The summed E-state index contributed by atoms with van der Waals surface area (Å²) in [5, 5.41) is 9.77. The molecule has 0 heterocycles. The minimum atomic E-state index is -4.02. The minimum absolute atomic E-state index is 0.0741. The van der Waals surface area contributed by atoms with Crippen molar-refractivity contribution in [3.05, 3.63) is 29.8 Å². The van der Waals surface area contributed by atoms with E-state index in [0.717, 1.165) is 5.56 Å². The summed E-state index contributed by atoms with van der Waals surface area (Å²) in [5.74, 6) is -3.01. The topological polar surface area (TPSA) is 101 Å². The molecule has 1 unspecified atom stereocenters. The number of aliphatic carboxylic acids is 1. The SMILES string of the molecule is CCC(C(=O)O)S(=O)(=O)CC(=O)Nc1ccccc1C. The summed E-state index contributed by atoms with van der Waals surface area (Å²) < 4.78 is 23.7. The van der Waals surface area contributed by atoms with E-state index >= 15 is 0 Å². The maximum absolute atomic E-state index is 11.8. The van der Waals surface area contributed by atoms with Gasteiger partial charge in [0.2, 0.25) is 5.91 Å². The number of carboxylic acid groups (broad SMARTS) is 1. The normalized spacial score (nSPS) is 12.7. The first kappa shape index (κ1) is 16.2. The molecule has 1 atom stereocenters. The van der Waals surface area contributed by atoms with E-state index in [1.54, 1.807) is 31.2 Å². The molecular formula is C13H17NO5S. The first-order valence-corrected chi connectivity index (χ1v) is 7.79. The zero-order valence-electron chi connectivity index (χ0n) is 11.3. The third kappa shape index (κ3) is 4.06. The average molecular weight is 299 g/mol. The van der Waals surface area contributed by atoms with Crippen LogP contribution in [0.2, 0.25) is 0 Å². The predicted octanol–water partition coefficient (Wildman–Crippen LogP) is 1.21. The van der Waals surface area contributed by atoms with E-state index < -0.39 is 32.7 Å². The number of carbonyl (C=O) groups is 2. The Kier molecular flexibility index (Phi) is 5.26. The highest BCUT2D eigenvalue weighted by Gasteiger charge is 2.32. The Hall–Kier alpha value is -1.89. The van der Waals surface area contributed by atoms with Gasteiger partial charge in [0, 0.05) is 5.69 Å². The summed E-state index contributed by atoms with van der Waals surface area (Å²) in [4.78, 5) is 22.6. The van der Waals surface area contributed by atoms with Gasteiger partial charge in [-0.15, -0.1) is 0 Å². The Morgan fingerprint density at radius 2 is 1.90 bits per heavy atom. The number of sulfone groups is 1. The number of para-hydroxylation sites is 1. The molecule has 0 radical (unpaired) electrons. The molecule has 0 aliphatic rings. The third-order valence-corrected chi connectivity index (χ3v) is 4.90. The Labute approximate surface area is 117 Å². The fraction of sp³-hybridized carbons (Fsp3) is 0.385. The van der Waals surface area contributed by atoms with Gasteiger partial charge in [-0.3, -0.25) is 9.59 Å². The van der Waals surface area contributed by atoms with Gasteiger partial charge in [-0.25, -0.2) is 8.42 Å². The first-order chi connectivity index (χ1) is 9.27. The minimum Gasteiger partial charge on any atom is -0.480 e. The quantitative estimate of drug-likeness (QED) is 0.822. The smallest absolute Gasteiger partial charge is 0.321 e. The largest absolute Gasteiger partial charge is 0.480 e. The van der Waals surface area contributed by atoms with E-state index in [4.69, 9.17) is 5.11 Å². The molecule has 1 amide bonds. The Balaban J connectivity index is 2.81. The van der Waals surface area contributed by atoms with Gasteiger partial charge < -0.3 is 10.4 Å². The summed E-state index contributed by atoms with van der Waals surface area (Å²) in [5.41, 5.74) is 1.31. The molecule has 0 fully saturated rings. The van der Waals surface area contributed by atoms with Crippen LogP contribution in [0.1, 0.15) is 18.9 Å². The third-order valence-electron chi connectivity index (χ3n) is 2.83. The molecule has 0 aromatic heterocycles. The monoisotopic (exact) mass is 299 g/mol. The summed E-state index contributed by atoms with van der Waals surface area (Å²) in [6, 6.07) is 6.92. The van der Waals surface area contributed by atoms with E-state index in [1.807, 2.05) is 0 Å². The van der Waals surface area contributed by atoms with Gasteiger partial charge in [-0.05, 0) is 25.0 Å². The maximum Gasteiger partial charge on any atom is 0.321 e. The lowest BCUT2D eigenvalue weighted by atomic mass is 10.2. The van der Waals surface area contributed by atoms with E-state index in [-0.39, 0.29) is 6.42 Å². The molecule has 1 aromatic rings. The van der Waals surface area contributed by atoms with Crippen LogP contribution in [0.3, 0.4) is 0 Å². The molecule has 0 spiro atoms. The van der Waals surface area contributed by atoms with Gasteiger partial charge in [-0.2, -0.15) is 0 Å². The number of carboxylic acids is 1. The second kappa shape index (κ2) is 6.51. The van der Waals surface area contributed by atoms with Gasteiger partial charge >= 0.3 is 5.97 Å². The Bertz CT molecular complexity index is 609. The zero-order valence-corrected chi connectivity index (χ0v) is 12.1. The van der Waals surface area contributed by atoms with Crippen LogP contribution in [0, 0.1) is 6.92 Å². The lowest BCUT2D eigenvalue weighted by Crippen LogP contribution is -2.35. The Morgan fingerprint density at radius 1 is 1.30 bits per heavy atom. The van der Waals surface area contributed by atoms with Gasteiger partial charge in [0.25, 0.3) is 0 Å². The predicted molar refractivity (Wildman–Crippen MR) is 75.3 cm³/mol. The number of nitrogens with one attached hydrogen (secondary N) is 1. The maximum atomic E-state index is 11.8. The van der Waals surface area contributed by atoms with Crippen molar-refractivity contribution < 1.29 is 23.1 Å². The van der Waals surface area contributed by atoms with Gasteiger partial charge in [0.15, 0.2) is 15.1 Å². The molecule has 2 N–H and O–H groups in total. The standard InChI is InChI=1S/C13H17NO5S/c1-3-11(13(16)17)20(18,19)8-12(15)14-10-7-5-4-6-9(10)2/h4-7,11H,3,8H2,1-2H3,(H,14,15)(H,16,17). The van der Waals surface area contributed by atoms with E-state index in [0.29, 0.717) is 5.69 Å².